The zero-order chi connectivity index (χ0) is 13.1. The fourth-order valence-corrected chi connectivity index (χ4v) is 2.43. The van der Waals surface area contributed by atoms with Crippen LogP contribution in [-0.4, -0.2) is 16.7 Å². The lowest BCUT2D eigenvalue weighted by Gasteiger charge is -2.35. The number of benzene rings is 1. The summed E-state index contributed by atoms with van der Waals surface area (Å²) in [5.41, 5.74) is 0.721. The molecule has 0 spiro atoms. The number of hydrogen-bond donors (Lipinski definition) is 2. The van der Waals surface area contributed by atoms with Gasteiger partial charge in [0.15, 0.2) is 0 Å². The van der Waals surface area contributed by atoms with Crippen LogP contribution in [0.4, 0.5) is 4.79 Å². The third-order valence-electron chi connectivity index (χ3n) is 2.88. The molecule has 17 heavy (non-hydrogen) atoms. The Kier molecular flexibility index (Phi) is 3.81. The van der Waals surface area contributed by atoms with Gasteiger partial charge < -0.3 is 10.4 Å². The second-order valence-corrected chi connectivity index (χ2v) is 5.74. The van der Waals surface area contributed by atoms with Gasteiger partial charge in [0, 0.05) is 5.54 Å². The fourth-order valence-electron chi connectivity index (χ4n) is 2.43. The lowest BCUT2D eigenvalue weighted by molar-refractivity contribution is 0.175. The third-order valence-corrected chi connectivity index (χ3v) is 2.88. The van der Waals surface area contributed by atoms with Crippen molar-refractivity contribution in [2.24, 2.45) is 0 Å². The quantitative estimate of drug-likeness (QED) is 0.840. The summed E-state index contributed by atoms with van der Waals surface area (Å²) in [5.74, 6) is 0. The molecule has 0 bridgehead atoms. The molecule has 1 amide bonds. The average Bonchev–Trinajstić information content (AvgIpc) is 2.15. The van der Waals surface area contributed by atoms with E-state index in [0.717, 1.165) is 6.42 Å². The Hall–Kier alpha value is -1.51. The molecule has 94 valence electrons. The third kappa shape index (κ3) is 4.10. The first-order chi connectivity index (χ1) is 7.73. The smallest absolute Gasteiger partial charge is 0.405 e. The molecule has 0 radical (unpaired) electrons. The predicted octanol–water partition coefficient (Wildman–Crippen LogP) is 3.40. The monoisotopic (exact) mass is 235 g/mol. The minimum absolute atomic E-state index is 0.0623. The van der Waals surface area contributed by atoms with E-state index < -0.39 is 11.6 Å². The van der Waals surface area contributed by atoms with Gasteiger partial charge in [0.05, 0.1) is 0 Å². The van der Waals surface area contributed by atoms with Crippen molar-refractivity contribution >= 4 is 6.09 Å². The summed E-state index contributed by atoms with van der Waals surface area (Å²) in [4.78, 5) is 10.7. The first-order valence-corrected chi connectivity index (χ1v) is 5.80. The zero-order valence-corrected chi connectivity index (χ0v) is 10.9. The number of rotatable bonds is 4. The lowest BCUT2D eigenvalue weighted by atomic mass is 9.75. The SMILES string of the molecule is CC(C)(CC(C)(C)c1ccccc1)NC(=O)O. The maximum absolute atomic E-state index is 10.7. The van der Waals surface area contributed by atoms with Crippen LogP contribution in [-0.2, 0) is 5.41 Å². The van der Waals surface area contributed by atoms with Gasteiger partial charge in [0.25, 0.3) is 0 Å². The van der Waals surface area contributed by atoms with Gasteiger partial charge in [-0.15, -0.1) is 0 Å². The highest BCUT2D eigenvalue weighted by molar-refractivity contribution is 5.65. The van der Waals surface area contributed by atoms with Crippen molar-refractivity contribution in [2.45, 2.75) is 45.1 Å². The lowest BCUT2D eigenvalue weighted by Crippen LogP contribution is -2.46. The van der Waals surface area contributed by atoms with Crippen molar-refractivity contribution in [3.8, 4) is 0 Å². The molecule has 0 aromatic heterocycles. The van der Waals surface area contributed by atoms with Crippen molar-refractivity contribution in [2.75, 3.05) is 0 Å². The highest BCUT2D eigenvalue weighted by atomic mass is 16.4. The molecular formula is C14H21NO2. The standard InChI is InChI=1S/C14H21NO2/c1-13(2,11-8-6-5-7-9-11)10-14(3,4)15-12(16)17/h5-9,15H,10H2,1-4H3,(H,16,17). The van der Waals surface area contributed by atoms with E-state index >= 15 is 0 Å². The van der Waals surface area contributed by atoms with Gasteiger partial charge in [-0.1, -0.05) is 44.2 Å². The van der Waals surface area contributed by atoms with Gasteiger partial charge in [-0.05, 0) is 31.2 Å². The second-order valence-electron chi connectivity index (χ2n) is 5.74. The predicted molar refractivity (Wildman–Crippen MR) is 69.3 cm³/mol. The molecule has 3 nitrogen and oxygen atoms in total. The summed E-state index contributed by atoms with van der Waals surface area (Å²) in [7, 11) is 0. The molecule has 0 saturated carbocycles. The van der Waals surface area contributed by atoms with Crippen LogP contribution in [0, 0.1) is 0 Å². The number of nitrogens with one attached hydrogen (secondary N) is 1. The van der Waals surface area contributed by atoms with Gasteiger partial charge in [0.2, 0.25) is 0 Å². The zero-order valence-electron chi connectivity index (χ0n) is 10.9. The number of carboxylic acid groups (broad SMARTS) is 1. The number of carbonyl (C=O) groups is 1. The van der Waals surface area contributed by atoms with E-state index in [1.165, 1.54) is 5.56 Å². The van der Waals surface area contributed by atoms with Crippen LogP contribution in [0.15, 0.2) is 30.3 Å². The number of hydrogen-bond acceptors (Lipinski definition) is 1. The Balaban J connectivity index is 2.83. The minimum Gasteiger partial charge on any atom is -0.465 e. The molecule has 3 heteroatoms. The molecule has 0 aliphatic heterocycles. The van der Waals surface area contributed by atoms with Gasteiger partial charge in [0.1, 0.15) is 0 Å². The van der Waals surface area contributed by atoms with Crippen LogP contribution in [0.3, 0.4) is 0 Å². The van der Waals surface area contributed by atoms with Gasteiger partial charge in [-0.3, -0.25) is 0 Å². The molecule has 0 saturated heterocycles. The van der Waals surface area contributed by atoms with Crippen molar-refractivity contribution in [3.63, 3.8) is 0 Å². The van der Waals surface area contributed by atoms with Crippen LogP contribution in [0.2, 0.25) is 0 Å². The van der Waals surface area contributed by atoms with Crippen LogP contribution in [0.1, 0.15) is 39.7 Å². The maximum atomic E-state index is 10.7. The fraction of sp³-hybridized carbons (Fsp3) is 0.500. The summed E-state index contributed by atoms with van der Waals surface area (Å²) >= 11 is 0. The Morgan fingerprint density at radius 2 is 1.71 bits per heavy atom. The van der Waals surface area contributed by atoms with Crippen LogP contribution in [0.5, 0.6) is 0 Å². The first kappa shape index (κ1) is 13.6. The molecule has 0 aliphatic rings. The molecule has 1 rings (SSSR count). The maximum Gasteiger partial charge on any atom is 0.405 e. The normalized spacial score (nSPS) is 12.2. The molecule has 1 aromatic carbocycles. The molecule has 0 heterocycles. The summed E-state index contributed by atoms with van der Waals surface area (Å²) in [6, 6.07) is 10.2. The van der Waals surface area contributed by atoms with Gasteiger partial charge in [-0.2, -0.15) is 0 Å². The van der Waals surface area contributed by atoms with Crippen molar-refractivity contribution in [1.82, 2.24) is 5.32 Å². The molecule has 0 atom stereocenters. The Morgan fingerprint density at radius 3 is 2.18 bits per heavy atom. The summed E-state index contributed by atoms with van der Waals surface area (Å²) < 4.78 is 0. The topological polar surface area (TPSA) is 49.3 Å². The average molecular weight is 235 g/mol. The van der Waals surface area contributed by atoms with Gasteiger partial charge >= 0.3 is 6.09 Å². The Labute approximate surface area is 103 Å². The molecule has 0 fully saturated rings. The molecule has 1 aromatic rings. The van der Waals surface area contributed by atoms with Crippen LogP contribution >= 0.6 is 0 Å². The largest absolute Gasteiger partial charge is 0.465 e. The van der Waals surface area contributed by atoms with Gasteiger partial charge in [-0.25, -0.2) is 4.79 Å². The molecule has 2 N–H and O–H groups in total. The van der Waals surface area contributed by atoms with Crippen molar-refractivity contribution in [1.29, 1.82) is 0 Å². The highest BCUT2D eigenvalue weighted by Crippen LogP contribution is 2.31. The Bertz CT molecular complexity index is 382. The van der Waals surface area contributed by atoms with E-state index in [1.54, 1.807) is 0 Å². The molecular weight excluding hydrogens is 214 g/mol. The van der Waals surface area contributed by atoms with Crippen LogP contribution in [0.25, 0.3) is 0 Å². The molecule has 0 unspecified atom stereocenters. The second kappa shape index (κ2) is 4.78. The van der Waals surface area contributed by atoms with Crippen molar-refractivity contribution < 1.29 is 9.90 Å². The minimum atomic E-state index is -0.973. The van der Waals surface area contributed by atoms with E-state index in [9.17, 15) is 4.79 Å². The van der Waals surface area contributed by atoms with Crippen LogP contribution < -0.4 is 5.32 Å². The molecule has 0 aliphatic carbocycles. The van der Waals surface area contributed by atoms with E-state index in [4.69, 9.17) is 5.11 Å². The summed E-state index contributed by atoms with van der Waals surface area (Å²) in [6.07, 6.45) is -0.227. The summed E-state index contributed by atoms with van der Waals surface area (Å²) in [5, 5.41) is 11.4. The van der Waals surface area contributed by atoms with Crippen molar-refractivity contribution in [3.05, 3.63) is 35.9 Å². The van der Waals surface area contributed by atoms with E-state index in [1.807, 2.05) is 32.0 Å². The van der Waals surface area contributed by atoms with E-state index in [0.29, 0.717) is 0 Å². The van der Waals surface area contributed by atoms with E-state index in [2.05, 4.69) is 31.3 Å². The highest BCUT2D eigenvalue weighted by Gasteiger charge is 2.31. The summed E-state index contributed by atoms with van der Waals surface area (Å²) in [6.45, 7) is 8.08. The Morgan fingerprint density at radius 1 is 1.18 bits per heavy atom. The van der Waals surface area contributed by atoms with E-state index in [-0.39, 0.29) is 5.41 Å². The first-order valence-electron chi connectivity index (χ1n) is 5.80. The number of amides is 1.